The van der Waals surface area contributed by atoms with Crippen molar-refractivity contribution in [1.82, 2.24) is 0 Å². The van der Waals surface area contributed by atoms with Crippen molar-refractivity contribution >= 4 is 5.97 Å². The summed E-state index contributed by atoms with van der Waals surface area (Å²) in [7, 11) is 0. The zero-order valence-corrected chi connectivity index (χ0v) is 13.1. The third kappa shape index (κ3) is 5.66. The van der Waals surface area contributed by atoms with E-state index in [2.05, 4.69) is 24.3 Å². The normalized spacial score (nSPS) is 10.4. The second-order valence-electron chi connectivity index (χ2n) is 5.49. The van der Waals surface area contributed by atoms with Crippen LogP contribution in [0.1, 0.15) is 41.6 Å². The van der Waals surface area contributed by atoms with Crippen molar-refractivity contribution in [1.29, 1.82) is 0 Å². The minimum atomic E-state index is -0.482. The summed E-state index contributed by atoms with van der Waals surface area (Å²) >= 11 is 0. The lowest BCUT2D eigenvalue weighted by atomic mass is 10.1. The average molecular weight is 314 g/mol. The third-order valence-electron chi connectivity index (χ3n) is 3.65. The van der Waals surface area contributed by atoms with Crippen LogP contribution in [0.25, 0.3) is 0 Å². The quantitative estimate of drug-likeness (QED) is 0.438. The summed E-state index contributed by atoms with van der Waals surface area (Å²) in [6.45, 7) is 0.367. The van der Waals surface area contributed by atoms with Crippen molar-refractivity contribution < 1.29 is 19.7 Å². The Kier molecular flexibility index (Phi) is 6.48. The molecular formula is C19H22O4. The molecule has 0 aliphatic carbocycles. The van der Waals surface area contributed by atoms with Gasteiger partial charge in [-0.2, -0.15) is 0 Å². The molecule has 0 unspecified atom stereocenters. The van der Waals surface area contributed by atoms with E-state index in [-0.39, 0.29) is 17.1 Å². The van der Waals surface area contributed by atoms with E-state index >= 15 is 0 Å². The van der Waals surface area contributed by atoms with Crippen LogP contribution in [0.2, 0.25) is 0 Å². The molecule has 0 atom stereocenters. The smallest absolute Gasteiger partial charge is 0.338 e. The number of aromatic hydroxyl groups is 2. The number of unbranched alkanes of at least 4 members (excludes halogenated alkanes) is 3. The molecule has 2 rings (SSSR count). The summed E-state index contributed by atoms with van der Waals surface area (Å²) in [5, 5.41) is 18.6. The lowest BCUT2D eigenvalue weighted by Gasteiger charge is -2.06. The van der Waals surface area contributed by atoms with Crippen LogP contribution in [0, 0.1) is 0 Å². The Labute approximate surface area is 136 Å². The zero-order chi connectivity index (χ0) is 16.5. The Bertz CT molecular complexity index is 623. The van der Waals surface area contributed by atoms with Crippen LogP contribution < -0.4 is 0 Å². The first-order valence-electron chi connectivity index (χ1n) is 7.90. The fourth-order valence-electron chi connectivity index (χ4n) is 2.33. The van der Waals surface area contributed by atoms with E-state index in [1.54, 1.807) is 0 Å². The SMILES string of the molecule is O=C(OCCCCCCc1ccccc1)c1ccc(O)c(O)c1. The van der Waals surface area contributed by atoms with E-state index in [4.69, 9.17) is 4.74 Å². The second-order valence-corrected chi connectivity index (χ2v) is 5.49. The van der Waals surface area contributed by atoms with Gasteiger partial charge in [-0.25, -0.2) is 4.79 Å². The molecule has 23 heavy (non-hydrogen) atoms. The molecule has 0 amide bonds. The zero-order valence-electron chi connectivity index (χ0n) is 13.1. The molecule has 4 nitrogen and oxygen atoms in total. The van der Waals surface area contributed by atoms with E-state index < -0.39 is 5.97 Å². The van der Waals surface area contributed by atoms with Gasteiger partial charge in [0.15, 0.2) is 11.5 Å². The van der Waals surface area contributed by atoms with Crippen LogP contribution in [-0.2, 0) is 11.2 Å². The van der Waals surface area contributed by atoms with Crippen molar-refractivity contribution in [2.45, 2.75) is 32.1 Å². The van der Waals surface area contributed by atoms with Crippen molar-refractivity contribution in [3.05, 3.63) is 59.7 Å². The maximum Gasteiger partial charge on any atom is 0.338 e. The summed E-state index contributed by atoms with van der Waals surface area (Å²) in [4.78, 5) is 11.8. The molecular weight excluding hydrogens is 292 g/mol. The summed E-state index contributed by atoms with van der Waals surface area (Å²) in [5.74, 6) is -1.05. The molecule has 0 aliphatic heterocycles. The van der Waals surface area contributed by atoms with E-state index in [9.17, 15) is 15.0 Å². The Balaban J connectivity index is 1.58. The van der Waals surface area contributed by atoms with Crippen molar-refractivity contribution in [2.24, 2.45) is 0 Å². The molecule has 0 spiro atoms. The van der Waals surface area contributed by atoms with Gasteiger partial charge in [-0.15, -0.1) is 0 Å². The Morgan fingerprint density at radius 1 is 0.870 bits per heavy atom. The van der Waals surface area contributed by atoms with Crippen LogP contribution >= 0.6 is 0 Å². The summed E-state index contributed by atoms with van der Waals surface area (Å²) in [6, 6.07) is 14.3. The third-order valence-corrected chi connectivity index (χ3v) is 3.65. The Morgan fingerprint density at radius 2 is 1.61 bits per heavy atom. The number of aryl methyl sites for hydroxylation is 1. The standard InChI is InChI=1S/C19H22O4/c20-17-12-11-16(14-18(17)21)19(22)23-13-7-2-1-4-8-15-9-5-3-6-10-15/h3,5-6,9-12,14,20-21H,1-2,4,7-8,13H2. The monoisotopic (exact) mass is 314 g/mol. The first-order chi connectivity index (χ1) is 11.2. The Morgan fingerprint density at radius 3 is 2.35 bits per heavy atom. The minimum Gasteiger partial charge on any atom is -0.504 e. The molecule has 0 saturated heterocycles. The van der Waals surface area contributed by atoms with Gasteiger partial charge in [-0.1, -0.05) is 43.2 Å². The summed E-state index contributed by atoms with van der Waals surface area (Å²) < 4.78 is 5.16. The number of phenolic OH excluding ortho intramolecular Hbond substituents is 2. The molecule has 0 aliphatic rings. The lowest BCUT2D eigenvalue weighted by Crippen LogP contribution is -2.06. The maximum absolute atomic E-state index is 11.8. The van der Waals surface area contributed by atoms with E-state index in [0.29, 0.717) is 6.61 Å². The number of phenols is 2. The number of ether oxygens (including phenoxy) is 1. The lowest BCUT2D eigenvalue weighted by molar-refractivity contribution is 0.0497. The van der Waals surface area contributed by atoms with Gasteiger partial charge in [0.1, 0.15) is 0 Å². The number of esters is 1. The van der Waals surface area contributed by atoms with Gasteiger partial charge in [0.25, 0.3) is 0 Å². The maximum atomic E-state index is 11.8. The number of hydrogen-bond acceptors (Lipinski definition) is 4. The van der Waals surface area contributed by atoms with Gasteiger partial charge >= 0.3 is 5.97 Å². The number of hydrogen-bond donors (Lipinski definition) is 2. The van der Waals surface area contributed by atoms with Crippen LogP contribution in [0.15, 0.2) is 48.5 Å². The van der Waals surface area contributed by atoms with Crippen LogP contribution in [0.5, 0.6) is 11.5 Å². The molecule has 0 fully saturated rings. The van der Waals surface area contributed by atoms with Gasteiger partial charge in [-0.3, -0.25) is 0 Å². The highest BCUT2D eigenvalue weighted by Crippen LogP contribution is 2.25. The predicted octanol–water partition coefficient (Wildman–Crippen LogP) is 4.06. The summed E-state index contributed by atoms with van der Waals surface area (Å²) in [6.07, 6.45) is 5.15. The van der Waals surface area contributed by atoms with Crippen LogP contribution in [0.3, 0.4) is 0 Å². The highest BCUT2D eigenvalue weighted by molar-refractivity contribution is 5.90. The van der Waals surface area contributed by atoms with Gasteiger partial charge in [-0.05, 0) is 43.0 Å². The molecule has 0 aromatic heterocycles. The number of carbonyl (C=O) groups is 1. The molecule has 2 N–H and O–H groups in total. The van der Waals surface area contributed by atoms with Crippen LogP contribution in [0.4, 0.5) is 0 Å². The summed E-state index contributed by atoms with van der Waals surface area (Å²) in [5.41, 5.74) is 1.59. The molecule has 2 aromatic rings. The van der Waals surface area contributed by atoms with E-state index in [0.717, 1.165) is 32.1 Å². The molecule has 0 saturated carbocycles. The largest absolute Gasteiger partial charge is 0.504 e. The fraction of sp³-hybridized carbons (Fsp3) is 0.316. The van der Waals surface area contributed by atoms with Gasteiger partial charge in [0.2, 0.25) is 0 Å². The number of carbonyl (C=O) groups excluding carboxylic acids is 1. The first-order valence-corrected chi connectivity index (χ1v) is 7.90. The van der Waals surface area contributed by atoms with Gasteiger partial charge in [0.05, 0.1) is 12.2 Å². The van der Waals surface area contributed by atoms with E-state index in [1.165, 1.54) is 23.8 Å². The van der Waals surface area contributed by atoms with Crippen molar-refractivity contribution in [3.63, 3.8) is 0 Å². The molecule has 2 aromatic carbocycles. The number of rotatable bonds is 8. The fourth-order valence-corrected chi connectivity index (χ4v) is 2.33. The molecule has 0 radical (unpaired) electrons. The topological polar surface area (TPSA) is 66.8 Å². The predicted molar refractivity (Wildman–Crippen MR) is 88.7 cm³/mol. The second kappa shape index (κ2) is 8.83. The first kappa shape index (κ1) is 16.9. The van der Waals surface area contributed by atoms with Crippen molar-refractivity contribution in [2.75, 3.05) is 6.61 Å². The van der Waals surface area contributed by atoms with Gasteiger partial charge < -0.3 is 14.9 Å². The Hall–Kier alpha value is -2.49. The highest BCUT2D eigenvalue weighted by Gasteiger charge is 2.09. The van der Waals surface area contributed by atoms with Crippen LogP contribution in [-0.4, -0.2) is 22.8 Å². The van der Waals surface area contributed by atoms with Crippen molar-refractivity contribution in [3.8, 4) is 11.5 Å². The molecule has 4 heteroatoms. The van der Waals surface area contributed by atoms with Gasteiger partial charge in [0, 0.05) is 0 Å². The average Bonchev–Trinajstić information content (AvgIpc) is 2.57. The molecule has 0 heterocycles. The highest BCUT2D eigenvalue weighted by atomic mass is 16.5. The number of benzene rings is 2. The molecule has 122 valence electrons. The van der Waals surface area contributed by atoms with E-state index in [1.807, 2.05) is 6.07 Å². The minimum absolute atomic E-state index is 0.240. The molecule has 0 bridgehead atoms.